The van der Waals surface area contributed by atoms with Crippen molar-refractivity contribution >= 4 is 23.2 Å². The first-order valence-electron chi connectivity index (χ1n) is 7.81. The maximum atomic E-state index is 12.0. The number of hydrogen-bond donors (Lipinski definition) is 1. The summed E-state index contributed by atoms with van der Waals surface area (Å²) in [7, 11) is 0. The van der Waals surface area contributed by atoms with Crippen LogP contribution in [0.4, 0.5) is 0 Å². The Balaban J connectivity index is 1.83. The third-order valence-corrected chi connectivity index (χ3v) is 4.71. The molecule has 0 unspecified atom stereocenters. The van der Waals surface area contributed by atoms with Gasteiger partial charge in [0.15, 0.2) is 11.2 Å². The van der Waals surface area contributed by atoms with E-state index in [-0.39, 0.29) is 16.8 Å². The van der Waals surface area contributed by atoms with Gasteiger partial charge in [0.1, 0.15) is 5.42 Å². The van der Waals surface area contributed by atoms with Crippen molar-refractivity contribution in [2.45, 2.75) is 19.9 Å². The van der Waals surface area contributed by atoms with Crippen molar-refractivity contribution in [2.75, 3.05) is 0 Å². The summed E-state index contributed by atoms with van der Waals surface area (Å²) in [5.41, 5.74) is 1.06. The maximum absolute atomic E-state index is 12.0. The minimum atomic E-state index is -0.198. The lowest BCUT2D eigenvalue weighted by Crippen LogP contribution is -2.19. The summed E-state index contributed by atoms with van der Waals surface area (Å²) >= 11 is 0.984. The molecule has 0 bridgehead atoms. The summed E-state index contributed by atoms with van der Waals surface area (Å²) in [5, 5.41) is 11.9. The van der Waals surface area contributed by atoms with Gasteiger partial charge in [-0.05, 0) is 38.1 Å². The molecule has 1 aliphatic rings. The van der Waals surface area contributed by atoms with Crippen molar-refractivity contribution in [1.82, 2.24) is 4.57 Å². The molecule has 0 amide bonds. The average Bonchev–Trinajstić information content (AvgIpc) is 3.25. The van der Waals surface area contributed by atoms with Crippen LogP contribution in [0.1, 0.15) is 24.8 Å². The van der Waals surface area contributed by atoms with E-state index in [4.69, 9.17) is 4.42 Å². The summed E-state index contributed by atoms with van der Waals surface area (Å²) < 4.78 is 7.13. The summed E-state index contributed by atoms with van der Waals surface area (Å²) in [4.78, 5) is 21.1. The van der Waals surface area contributed by atoms with E-state index in [1.807, 2.05) is 38.1 Å². The van der Waals surface area contributed by atoms with Crippen molar-refractivity contribution in [2.24, 2.45) is 9.98 Å². The predicted octanol–water partition coefficient (Wildman–Crippen LogP) is 0.637. The molecular formula is C18H15N3O3S. The van der Waals surface area contributed by atoms with Gasteiger partial charge >= 0.3 is 4.87 Å². The minimum absolute atomic E-state index is 0.0433. The molecule has 3 heterocycles. The Bertz CT molecular complexity index is 1220. The zero-order valence-corrected chi connectivity index (χ0v) is 14.4. The van der Waals surface area contributed by atoms with Crippen LogP contribution in [0.2, 0.25) is 0 Å². The van der Waals surface area contributed by atoms with Crippen LogP contribution >= 0.6 is 11.3 Å². The van der Waals surface area contributed by atoms with Crippen LogP contribution in [-0.4, -0.2) is 9.67 Å². The van der Waals surface area contributed by atoms with Gasteiger partial charge in [-0.2, -0.15) is 0 Å². The first-order chi connectivity index (χ1) is 12.0. The van der Waals surface area contributed by atoms with Gasteiger partial charge in [-0.3, -0.25) is 9.36 Å². The van der Waals surface area contributed by atoms with Crippen LogP contribution in [0.3, 0.4) is 0 Å². The fourth-order valence-corrected chi connectivity index (χ4v) is 3.59. The van der Waals surface area contributed by atoms with Crippen molar-refractivity contribution in [3.63, 3.8) is 0 Å². The lowest BCUT2D eigenvalue weighted by atomic mass is 10.3. The lowest BCUT2D eigenvalue weighted by Gasteiger charge is -2.05. The second-order valence-corrected chi connectivity index (χ2v) is 6.90. The number of nitrogens with zero attached hydrogens (tertiary/aromatic N) is 3. The largest absolute Gasteiger partial charge is 0.493 e. The van der Waals surface area contributed by atoms with Crippen LogP contribution in [-0.2, 0) is 0 Å². The summed E-state index contributed by atoms with van der Waals surface area (Å²) in [5.74, 6) is 0.469. The van der Waals surface area contributed by atoms with E-state index >= 15 is 0 Å². The Hall–Kier alpha value is -2.93. The molecule has 1 aliphatic heterocycles. The number of aromatic nitrogens is 1. The Morgan fingerprint density at radius 1 is 1.16 bits per heavy atom. The zero-order chi connectivity index (χ0) is 17.6. The van der Waals surface area contributed by atoms with E-state index in [0.717, 1.165) is 22.1 Å². The van der Waals surface area contributed by atoms with Crippen LogP contribution in [0.25, 0.3) is 11.9 Å². The van der Waals surface area contributed by atoms with Gasteiger partial charge in [0.05, 0.1) is 15.6 Å². The van der Waals surface area contributed by atoms with E-state index < -0.39 is 0 Å². The molecule has 1 aromatic carbocycles. The first kappa shape index (κ1) is 15.6. The van der Waals surface area contributed by atoms with E-state index in [0.29, 0.717) is 21.5 Å². The molecule has 7 heteroatoms. The molecule has 0 spiro atoms. The fourth-order valence-electron chi connectivity index (χ4n) is 2.64. The third-order valence-electron chi connectivity index (χ3n) is 3.81. The first-order valence-corrected chi connectivity index (χ1v) is 8.63. The molecular weight excluding hydrogens is 338 g/mol. The molecule has 0 saturated heterocycles. The quantitative estimate of drug-likeness (QED) is 0.734. The summed E-state index contributed by atoms with van der Waals surface area (Å²) in [6, 6.07) is 11.0. The number of para-hydroxylation sites is 2. The second-order valence-electron chi connectivity index (χ2n) is 5.90. The normalized spacial score (nSPS) is 13.9. The molecule has 6 nitrogen and oxygen atoms in total. The van der Waals surface area contributed by atoms with E-state index in [9.17, 15) is 9.90 Å². The molecule has 4 rings (SSSR count). The Morgan fingerprint density at radius 2 is 1.84 bits per heavy atom. The van der Waals surface area contributed by atoms with Gasteiger partial charge in [0.25, 0.3) is 0 Å². The smallest absolute Gasteiger partial charge is 0.310 e. The molecule has 1 N–H and O–H groups in total. The number of rotatable bonds is 2. The van der Waals surface area contributed by atoms with Crippen molar-refractivity contribution in [1.29, 1.82) is 0 Å². The number of hydrogen-bond acceptors (Lipinski definition) is 6. The minimum Gasteiger partial charge on any atom is -0.493 e. The van der Waals surface area contributed by atoms with E-state index in [1.165, 1.54) is 4.57 Å². The number of benzene rings is 1. The van der Waals surface area contributed by atoms with Gasteiger partial charge < -0.3 is 9.52 Å². The Morgan fingerprint density at radius 3 is 2.44 bits per heavy atom. The van der Waals surface area contributed by atoms with E-state index in [1.54, 1.807) is 18.2 Å². The average molecular weight is 353 g/mol. The molecule has 0 saturated carbocycles. The highest BCUT2D eigenvalue weighted by atomic mass is 32.1. The van der Waals surface area contributed by atoms with Gasteiger partial charge in [0, 0.05) is 12.1 Å². The van der Waals surface area contributed by atoms with Gasteiger partial charge in [0.2, 0.25) is 5.88 Å². The summed E-state index contributed by atoms with van der Waals surface area (Å²) in [6.45, 7) is 3.69. The van der Waals surface area contributed by atoms with Crippen molar-refractivity contribution < 1.29 is 9.52 Å². The van der Waals surface area contributed by atoms with Gasteiger partial charge in [-0.15, -0.1) is 0 Å². The topological polar surface area (TPSA) is 80.1 Å². The second kappa shape index (κ2) is 5.86. The van der Waals surface area contributed by atoms with Crippen LogP contribution < -0.4 is 26.4 Å². The zero-order valence-electron chi connectivity index (χ0n) is 13.6. The highest BCUT2D eigenvalue weighted by Gasteiger charge is 2.14. The standard InChI is InChI=1S/C18H15N3O3S/c1-10(2)21-17(22)15(25-18(21)23)9-11-7-8-14(24-11)16-19-12-5-3-4-6-13(12)20-16/h3-10,22H,1-2H3/b11-9-. The van der Waals surface area contributed by atoms with Crippen LogP contribution in [0.15, 0.2) is 55.6 Å². The van der Waals surface area contributed by atoms with Crippen molar-refractivity contribution in [3.05, 3.63) is 72.5 Å². The molecule has 0 aliphatic carbocycles. The molecule has 0 atom stereocenters. The fraction of sp³-hybridized carbons (Fsp3) is 0.167. The molecule has 0 fully saturated rings. The lowest BCUT2D eigenvalue weighted by molar-refractivity contribution is 0.394. The Labute approximate surface area is 146 Å². The van der Waals surface area contributed by atoms with Gasteiger partial charge in [-0.25, -0.2) is 9.98 Å². The molecule has 25 heavy (non-hydrogen) atoms. The number of thiazole rings is 1. The monoisotopic (exact) mass is 353 g/mol. The molecule has 126 valence electrons. The molecule has 2 aromatic heterocycles. The number of fused-ring (bicyclic) bond motifs is 1. The van der Waals surface area contributed by atoms with Crippen LogP contribution in [0.5, 0.6) is 5.88 Å². The Kier molecular flexibility index (Phi) is 3.65. The molecule has 0 radical (unpaired) electrons. The number of aromatic hydroxyl groups is 1. The van der Waals surface area contributed by atoms with Crippen molar-refractivity contribution in [3.8, 4) is 5.88 Å². The van der Waals surface area contributed by atoms with E-state index in [2.05, 4.69) is 9.98 Å². The highest BCUT2D eigenvalue weighted by Crippen LogP contribution is 2.23. The van der Waals surface area contributed by atoms with Gasteiger partial charge in [-0.1, -0.05) is 23.5 Å². The SMILES string of the molecule is CC(C)n1c(O)c(/C=c2/ccc(=C3N=c4ccccc4=N3)o2)sc1=O. The maximum Gasteiger partial charge on any atom is 0.310 e. The summed E-state index contributed by atoms with van der Waals surface area (Å²) in [6.07, 6.45) is 1.65. The third kappa shape index (κ3) is 2.72. The highest BCUT2D eigenvalue weighted by molar-refractivity contribution is 7.10. The predicted molar refractivity (Wildman–Crippen MR) is 94.3 cm³/mol. The molecule has 3 aromatic rings. The number of furan rings is 1. The van der Waals surface area contributed by atoms with Crippen LogP contribution in [0, 0.1) is 0 Å².